The SMILES string of the molecule is CCOc1ccc2nc(-c3cccc(OCC(=O)NC(C)(C)C)c3)nc(NC3Cc4c[nH]nc4C3)c2c1. The molecule has 0 spiro atoms. The molecule has 1 aliphatic carbocycles. The molecule has 0 saturated heterocycles. The van der Waals surface area contributed by atoms with Gasteiger partial charge in [0.1, 0.15) is 17.3 Å². The van der Waals surface area contributed by atoms with Crippen molar-refractivity contribution < 1.29 is 14.3 Å². The van der Waals surface area contributed by atoms with Crippen LogP contribution in [0.4, 0.5) is 5.82 Å². The Morgan fingerprint density at radius 1 is 1.08 bits per heavy atom. The minimum atomic E-state index is -0.315. The number of H-pyrrole nitrogens is 1. The number of rotatable bonds is 8. The van der Waals surface area contributed by atoms with Crippen molar-refractivity contribution in [2.75, 3.05) is 18.5 Å². The van der Waals surface area contributed by atoms with Crippen LogP contribution in [0, 0.1) is 0 Å². The number of benzene rings is 2. The minimum absolute atomic E-state index is 0.0669. The van der Waals surface area contributed by atoms with E-state index in [2.05, 4.69) is 20.8 Å². The van der Waals surface area contributed by atoms with Gasteiger partial charge in [-0.2, -0.15) is 5.10 Å². The molecule has 192 valence electrons. The van der Waals surface area contributed by atoms with Gasteiger partial charge in [0, 0.05) is 35.1 Å². The number of nitrogens with zero attached hydrogens (tertiary/aromatic N) is 3. The number of hydrogen-bond donors (Lipinski definition) is 3. The van der Waals surface area contributed by atoms with Gasteiger partial charge in [0.2, 0.25) is 0 Å². The molecule has 2 aromatic carbocycles. The number of ether oxygens (including phenoxy) is 2. The van der Waals surface area contributed by atoms with Gasteiger partial charge in [-0.1, -0.05) is 12.1 Å². The molecular formula is C28H32N6O3. The average Bonchev–Trinajstić information content (AvgIpc) is 3.44. The molecule has 37 heavy (non-hydrogen) atoms. The molecule has 2 aromatic heterocycles. The third-order valence-electron chi connectivity index (χ3n) is 6.01. The molecule has 3 N–H and O–H groups in total. The van der Waals surface area contributed by atoms with Crippen molar-refractivity contribution in [1.29, 1.82) is 0 Å². The molecule has 0 bridgehead atoms. The maximum absolute atomic E-state index is 12.2. The van der Waals surface area contributed by atoms with Gasteiger partial charge in [0.25, 0.3) is 5.91 Å². The second-order valence-electron chi connectivity index (χ2n) is 10.2. The second kappa shape index (κ2) is 10.1. The van der Waals surface area contributed by atoms with Gasteiger partial charge in [0.05, 0.1) is 17.8 Å². The molecule has 0 aliphatic heterocycles. The fourth-order valence-electron chi connectivity index (χ4n) is 4.49. The first-order valence-electron chi connectivity index (χ1n) is 12.5. The lowest BCUT2D eigenvalue weighted by Crippen LogP contribution is -2.43. The zero-order valence-corrected chi connectivity index (χ0v) is 21.6. The summed E-state index contributed by atoms with van der Waals surface area (Å²) in [5.41, 5.74) is 3.61. The van der Waals surface area contributed by atoms with Crippen LogP contribution in [0.3, 0.4) is 0 Å². The van der Waals surface area contributed by atoms with E-state index in [1.54, 1.807) is 0 Å². The topological polar surface area (TPSA) is 114 Å². The van der Waals surface area contributed by atoms with Gasteiger partial charge >= 0.3 is 0 Å². The van der Waals surface area contributed by atoms with Crippen molar-refractivity contribution in [2.24, 2.45) is 0 Å². The van der Waals surface area contributed by atoms with Crippen LogP contribution < -0.4 is 20.1 Å². The number of carbonyl (C=O) groups is 1. The number of fused-ring (bicyclic) bond motifs is 2. The third kappa shape index (κ3) is 5.82. The molecular weight excluding hydrogens is 468 g/mol. The van der Waals surface area contributed by atoms with E-state index in [1.165, 1.54) is 5.56 Å². The monoisotopic (exact) mass is 500 g/mol. The van der Waals surface area contributed by atoms with Crippen LogP contribution in [0.25, 0.3) is 22.3 Å². The Hall–Kier alpha value is -4.14. The molecule has 1 amide bonds. The first kappa shape index (κ1) is 24.5. The fraction of sp³-hybridized carbons (Fsp3) is 0.357. The second-order valence-corrected chi connectivity index (χ2v) is 10.2. The summed E-state index contributed by atoms with van der Waals surface area (Å²) in [7, 11) is 0. The summed E-state index contributed by atoms with van der Waals surface area (Å²) in [4.78, 5) is 22.0. The van der Waals surface area contributed by atoms with Crippen molar-refractivity contribution in [1.82, 2.24) is 25.5 Å². The summed E-state index contributed by atoms with van der Waals surface area (Å²) in [6, 6.07) is 13.5. The summed E-state index contributed by atoms with van der Waals surface area (Å²) in [6.45, 7) is 8.28. The number of anilines is 1. The highest BCUT2D eigenvalue weighted by Gasteiger charge is 2.25. The number of aromatic nitrogens is 4. The fourth-order valence-corrected chi connectivity index (χ4v) is 4.49. The third-order valence-corrected chi connectivity index (χ3v) is 6.01. The van der Waals surface area contributed by atoms with E-state index in [0.29, 0.717) is 18.2 Å². The van der Waals surface area contributed by atoms with Gasteiger partial charge in [-0.05, 0) is 70.0 Å². The Morgan fingerprint density at radius 2 is 1.92 bits per heavy atom. The number of hydrogen-bond acceptors (Lipinski definition) is 7. The zero-order valence-electron chi connectivity index (χ0n) is 21.6. The van der Waals surface area contributed by atoms with Crippen molar-refractivity contribution in [3.05, 3.63) is 59.9 Å². The molecule has 1 atom stereocenters. The van der Waals surface area contributed by atoms with E-state index in [9.17, 15) is 4.79 Å². The number of amides is 1. The maximum atomic E-state index is 12.2. The predicted octanol–water partition coefficient (Wildman–Crippen LogP) is 4.29. The Kier molecular flexibility index (Phi) is 6.69. The van der Waals surface area contributed by atoms with Gasteiger partial charge in [-0.25, -0.2) is 9.97 Å². The Bertz CT molecular complexity index is 1400. The quantitative estimate of drug-likeness (QED) is 0.331. The lowest BCUT2D eigenvalue weighted by molar-refractivity contribution is -0.124. The van der Waals surface area contributed by atoms with Crippen LogP contribution in [-0.4, -0.2) is 50.9 Å². The molecule has 2 heterocycles. The number of nitrogens with one attached hydrogen (secondary N) is 3. The normalized spacial score (nSPS) is 14.9. The summed E-state index contributed by atoms with van der Waals surface area (Å²) in [6.07, 6.45) is 3.66. The first-order valence-corrected chi connectivity index (χ1v) is 12.5. The van der Waals surface area contributed by atoms with Crippen LogP contribution in [0.15, 0.2) is 48.7 Å². The summed E-state index contributed by atoms with van der Waals surface area (Å²) >= 11 is 0. The molecule has 9 nitrogen and oxygen atoms in total. The van der Waals surface area contributed by atoms with Crippen molar-refractivity contribution in [3.8, 4) is 22.9 Å². The number of carbonyl (C=O) groups excluding carboxylic acids is 1. The lowest BCUT2D eigenvalue weighted by Gasteiger charge is -2.20. The molecule has 0 radical (unpaired) electrons. The van der Waals surface area contributed by atoms with Crippen molar-refractivity contribution in [3.63, 3.8) is 0 Å². The highest BCUT2D eigenvalue weighted by molar-refractivity contribution is 5.92. The predicted molar refractivity (Wildman–Crippen MR) is 143 cm³/mol. The van der Waals surface area contributed by atoms with E-state index in [4.69, 9.17) is 19.4 Å². The molecule has 0 saturated carbocycles. The van der Waals surface area contributed by atoms with Crippen molar-refractivity contribution in [2.45, 2.75) is 52.1 Å². The molecule has 0 fully saturated rings. The Balaban J connectivity index is 1.43. The van der Waals surface area contributed by atoms with E-state index >= 15 is 0 Å². The standard InChI is InChI=1S/C28H32N6O3/c1-5-36-21-9-10-23-22(14-21)27(30-19-11-18-15-29-34-24(18)13-19)32-26(31-23)17-7-6-8-20(12-17)37-16-25(35)33-28(2,3)4/h6-10,12,14-15,19H,5,11,13,16H2,1-4H3,(H,29,34)(H,33,35)(H,30,31,32). The molecule has 1 unspecified atom stereocenters. The van der Waals surface area contributed by atoms with Crippen molar-refractivity contribution >= 4 is 22.6 Å². The number of aromatic amines is 1. The molecule has 4 aromatic rings. The summed E-state index contributed by atoms with van der Waals surface area (Å²) in [5.74, 6) is 2.50. The maximum Gasteiger partial charge on any atom is 0.258 e. The average molecular weight is 501 g/mol. The largest absolute Gasteiger partial charge is 0.494 e. The van der Waals surface area contributed by atoms with E-state index in [0.717, 1.165) is 46.6 Å². The van der Waals surface area contributed by atoms with E-state index in [1.807, 2.05) is 76.4 Å². The van der Waals surface area contributed by atoms with Gasteiger partial charge in [-0.3, -0.25) is 9.89 Å². The summed E-state index contributed by atoms with van der Waals surface area (Å²) in [5, 5.41) is 14.7. The van der Waals surface area contributed by atoms with E-state index < -0.39 is 0 Å². The highest BCUT2D eigenvalue weighted by atomic mass is 16.5. The van der Waals surface area contributed by atoms with Gasteiger partial charge < -0.3 is 20.1 Å². The van der Waals surface area contributed by atoms with Crippen LogP contribution in [0.1, 0.15) is 39.0 Å². The Labute approximate surface area is 216 Å². The molecule has 5 rings (SSSR count). The smallest absolute Gasteiger partial charge is 0.258 e. The minimum Gasteiger partial charge on any atom is -0.494 e. The van der Waals surface area contributed by atoms with Crippen LogP contribution >= 0.6 is 0 Å². The van der Waals surface area contributed by atoms with Crippen LogP contribution in [0.2, 0.25) is 0 Å². The zero-order chi connectivity index (χ0) is 26.0. The van der Waals surface area contributed by atoms with Crippen LogP contribution in [-0.2, 0) is 17.6 Å². The first-order chi connectivity index (χ1) is 17.8. The molecule has 9 heteroatoms. The van der Waals surface area contributed by atoms with Gasteiger partial charge in [0.15, 0.2) is 12.4 Å². The van der Waals surface area contributed by atoms with E-state index in [-0.39, 0.29) is 24.1 Å². The lowest BCUT2D eigenvalue weighted by atomic mass is 10.1. The highest BCUT2D eigenvalue weighted by Crippen LogP contribution is 2.31. The Morgan fingerprint density at radius 3 is 2.70 bits per heavy atom. The van der Waals surface area contributed by atoms with Crippen LogP contribution in [0.5, 0.6) is 11.5 Å². The van der Waals surface area contributed by atoms with Gasteiger partial charge in [-0.15, -0.1) is 0 Å². The molecule has 1 aliphatic rings. The summed E-state index contributed by atoms with van der Waals surface area (Å²) < 4.78 is 11.5.